The van der Waals surface area contributed by atoms with Crippen molar-refractivity contribution in [3.05, 3.63) is 52.1 Å². The second-order valence-corrected chi connectivity index (χ2v) is 10.3. The summed E-state index contributed by atoms with van der Waals surface area (Å²) in [6, 6.07) is 8.84. The molecule has 0 aliphatic carbocycles. The fraction of sp³-hybridized carbons (Fsp3) is 0.500. The van der Waals surface area contributed by atoms with E-state index in [9.17, 15) is 22.8 Å². The maximum absolute atomic E-state index is 13.9. The van der Waals surface area contributed by atoms with Crippen molar-refractivity contribution in [3.63, 3.8) is 0 Å². The summed E-state index contributed by atoms with van der Waals surface area (Å²) in [6.07, 6.45) is -1.86. The van der Waals surface area contributed by atoms with Crippen LogP contribution in [-0.4, -0.2) is 57.6 Å². The molecular formula is C24H27F3N6O2S. The zero-order chi connectivity index (χ0) is 25.4. The van der Waals surface area contributed by atoms with Crippen molar-refractivity contribution in [3.8, 4) is 0 Å². The molecule has 5 rings (SSSR count). The number of thiazole rings is 1. The molecule has 2 aliphatic rings. The monoisotopic (exact) mass is 520 g/mol. The standard InChI is InChI=1S/C24H27F3N6O2S/c1-31-11-5-9-16(31)14-33-21(35)18-20(30-22(33)24(25,26)27)36-23(29-18)32-12-6-10-17(32)19(34)28-13-15-7-3-2-4-8-15/h2-4,7-8,16-17H,5-6,9-14H2,1H3,(H,28,34)/t16-,17-/m1/s1. The van der Waals surface area contributed by atoms with Crippen molar-refractivity contribution in [1.29, 1.82) is 0 Å². The SMILES string of the molecule is CN1CCC[C@@H]1Cn1c(C(F)(F)F)nc2sc(N3CCC[C@@H]3C(=O)NCc3ccccc3)nc2c1=O. The molecule has 0 unspecified atom stereocenters. The van der Waals surface area contributed by atoms with E-state index in [2.05, 4.69) is 15.3 Å². The zero-order valence-corrected chi connectivity index (χ0v) is 20.6. The fourth-order valence-electron chi connectivity index (χ4n) is 5.00. The van der Waals surface area contributed by atoms with E-state index in [1.54, 1.807) is 4.90 Å². The summed E-state index contributed by atoms with van der Waals surface area (Å²) in [5.74, 6) is -1.38. The fourth-order valence-corrected chi connectivity index (χ4v) is 6.00. The molecule has 4 heterocycles. The highest BCUT2D eigenvalue weighted by atomic mass is 32.1. The Morgan fingerprint density at radius 2 is 1.89 bits per heavy atom. The van der Waals surface area contributed by atoms with Crippen molar-refractivity contribution in [2.75, 3.05) is 25.0 Å². The number of fused-ring (bicyclic) bond motifs is 1. The van der Waals surface area contributed by atoms with Crippen LogP contribution in [0.25, 0.3) is 10.3 Å². The molecule has 0 spiro atoms. The lowest BCUT2D eigenvalue weighted by atomic mass is 10.2. The van der Waals surface area contributed by atoms with Crippen LogP contribution in [0, 0.1) is 0 Å². The van der Waals surface area contributed by atoms with Gasteiger partial charge in [-0.15, -0.1) is 0 Å². The Hall–Kier alpha value is -2.99. The first-order valence-corrected chi connectivity index (χ1v) is 12.8. The minimum atomic E-state index is -4.78. The molecule has 2 saturated heterocycles. The minimum absolute atomic E-state index is 0.0614. The van der Waals surface area contributed by atoms with Gasteiger partial charge in [0, 0.05) is 25.7 Å². The molecule has 1 N–H and O–H groups in total. The lowest BCUT2D eigenvalue weighted by Gasteiger charge is -2.23. The molecule has 0 saturated carbocycles. The van der Waals surface area contributed by atoms with Gasteiger partial charge >= 0.3 is 6.18 Å². The lowest BCUT2D eigenvalue weighted by Crippen LogP contribution is -2.43. The number of alkyl halides is 3. The number of rotatable bonds is 6. The van der Waals surface area contributed by atoms with Gasteiger partial charge in [-0.2, -0.15) is 13.2 Å². The molecule has 1 amide bonds. The van der Waals surface area contributed by atoms with Crippen LogP contribution in [0.15, 0.2) is 35.1 Å². The molecule has 0 bridgehead atoms. The molecule has 8 nitrogen and oxygen atoms in total. The quantitative estimate of drug-likeness (QED) is 0.537. The van der Waals surface area contributed by atoms with E-state index in [4.69, 9.17) is 0 Å². The smallest absolute Gasteiger partial charge is 0.350 e. The van der Waals surface area contributed by atoms with E-state index in [0.29, 0.717) is 31.1 Å². The van der Waals surface area contributed by atoms with Crippen LogP contribution in [-0.2, 0) is 24.1 Å². The number of benzene rings is 1. The van der Waals surface area contributed by atoms with Gasteiger partial charge in [-0.25, -0.2) is 9.97 Å². The molecule has 12 heteroatoms. The van der Waals surface area contributed by atoms with Gasteiger partial charge < -0.3 is 15.1 Å². The average Bonchev–Trinajstić information content (AvgIpc) is 3.59. The van der Waals surface area contributed by atoms with Gasteiger partial charge in [0.15, 0.2) is 15.5 Å². The van der Waals surface area contributed by atoms with Crippen LogP contribution in [0.3, 0.4) is 0 Å². The van der Waals surface area contributed by atoms with Crippen molar-refractivity contribution in [2.45, 2.75) is 57.0 Å². The Morgan fingerprint density at radius 1 is 1.14 bits per heavy atom. The third-order valence-electron chi connectivity index (χ3n) is 6.94. The summed E-state index contributed by atoms with van der Waals surface area (Å²) < 4.78 is 42.5. The normalized spacial score (nSPS) is 20.9. The number of nitrogens with zero attached hydrogens (tertiary/aromatic N) is 5. The van der Waals surface area contributed by atoms with E-state index in [1.807, 2.05) is 42.3 Å². The number of anilines is 1. The van der Waals surface area contributed by atoms with Gasteiger partial charge in [0.2, 0.25) is 11.7 Å². The van der Waals surface area contributed by atoms with Crippen molar-refractivity contribution >= 4 is 32.7 Å². The molecule has 0 radical (unpaired) electrons. The number of hydrogen-bond acceptors (Lipinski definition) is 7. The number of halogens is 3. The summed E-state index contributed by atoms with van der Waals surface area (Å²) in [7, 11) is 1.85. The van der Waals surface area contributed by atoms with Crippen LogP contribution in [0.1, 0.15) is 37.1 Å². The predicted octanol–water partition coefficient (Wildman–Crippen LogP) is 3.25. The summed E-state index contributed by atoms with van der Waals surface area (Å²) >= 11 is 0.927. The van der Waals surface area contributed by atoms with Crippen molar-refractivity contribution in [1.82, 2.24) is 24.8 Å². The Labute approximate surface area is 209 Å². The second kappa shape index (κ2) is 9.81. The van der Waals surface area contributed by atoms with Crippen molar-refractivity contribution < 1.29 is 18.0 Å². The van der Waals surface area contributed by atoms with E-state index < -0.39 is 23.6 Å². The molecule has 2 aliphatic heterocycles. The maximum atomic E-state index is 13.9. The summed E-state index contributed by atoms with van der Waals surface area (Å²) in [6.45, 7) is 1.59. The van der Waals surface area contributed by atoms with E-state index >= 15 is 0 Å². The highest BCUT2D eigenvalue weighted by Crippen LogP contribution is 2.34. The lowest BCUT2D eigenvalue weighted by molar-refractivity contribution is -0.148. The van der Waals surface area contributed by atoms with Gasteiger partial charge in [0.05, 0.1) is 0 Å². The third-order valence-corrected chi connectivity index (χ3v) is 7.92. The Kier molecular flexibility index (Phi) is 6.73. The Morgan fingerprint density at radius 3 is 2.58 bits per heavy atom. The van der Waals surface area contributed by atoms with Crippen LogP contribution in [0.5, 0.6) is 0 Å². The van der Waals surface area contributed by atoms with Crippen LogP contribution >= 0.6 is 11.3 Å². The molecule has 2 fully saturated rings. The number of nitrogens with one attached hydrogen (secondary N) is 1. The highest BCUT2D eigenvalue weighted by molar-refractivity contribution is 7.21. The number of likely N-dealkylation sites (tertiary alicyclic amines) is 1. The minimum Gasteiger partial charge on any atom is -0.350 e. The number of carbonyl (C=O) groups is 1. The molecule has 36 heavy (non-hydrogen) atoms. The van der Waals surface area contributed by atoms with Gasteiger partial charge in [-0.1, -0.05) is 41.7 Å². The second-order valence-electron chi connectivity index (χ2n) is 9.33. The Bertz CT molecular complexity index is 1310. The molecule has 2 aromatic heterocycles. The van der Waals surface area contributed by atoms with E-state index in [1.165, 1.54) is 0 Å². The maximum Gasteiger partial charge on any atom is 0.449 e. The summed E-state index contributed by atoms with van der Waals surface area (Å²) in [5.41, 5.74) is 0.0890. The average molecular weight is 521 g/mol. The number of aromatic nitrogens is 3. The number of hydrogen-bond donors (Lipinski definition) is 1. The molecule has 192 valence electrons. The van der Waals surface area contributed by atoms with Gasteiger partial charge in [-0.05, 0) is 44.8 Å². The first-order chi connectivity index (χ1) is 17.2. The predicted molar refractivity (Wildman–Crippen MR) is 131 cm³/mol. The number of amides is 1. The Balaban J connectivity index is 1.44. The third kappa shape index (κ3) is 4.83. The number of carbonyl (C=O) groups excluding carboxylic acids is 1. The first-order valence-electron chi connectivity index (χ1n) is 12.0. The molecular weight excluding hydrogens is 493 g/mol. The summed E-state index contributed by atoms with van der Waals surface area (Å²) in [5, 5.41) is 3.27. The molecule has 2 atom stereocenters. The van der Waals surface area contributed by atoms with Crippen LogP contribution in [0.2, 0.25) is 0 Å². The zero-order valence-electron chi connectivity index (χ0n) is 19.8. The van der Waals surface area contributed by atoms with Gasteiger partial charge in [0.25, 0.3) is 5.56 Å². The highest BCUT2D eigenvalue weighted by Gasteiger charge is 2.40. The molecule has 1 aromatic carbocycles. The molecule has 3 aromatic rings. The number of likely N-dealkylation sites (N-methyl/N-ethyl adjacent to an activating group) is 1. The van der Waals surface area contributed by atoms with E-state index in [0.717, 1.165) is 40.9 Å². The topological polar surface area (TPSA) is 83.4 Å². The van der Waals surface area contributed by atoms with Crippen LogP contribution < -0.4 is 15.8 Å². The summed E-state index contributed by atoms with van der Waals surface area (Å²) in [4.78, 5) is 38.1. The van der Waals surface area contributed by atoms with Crippen LogP contribution in [0.4, 0.5) is 18.3 Å². The largest absolute Gasteiger partial charge is 0.449 e. The van der Waals surface area contributed by atoms with E-state index in [-0.39, 0.29) is 28.8 Å². The van der Waals surface area contributed by atoms with Crippen molar-refractivity contribution in [2.24, 2.45) is 0 Å². The first kappa shape index (κ1) is 24.7. The van der Waals surface area contributed by atoms with Gasteiger partial charge in [0.1, 0.15) is 6.04 Å². The van der Waals surface area contributed by atoms with Gasteiger partial charge in [-0.3, -0.25) is 14.2 Å².